The fourth-order valence-corrected chi connectivity index (χ4v) is 5.87. The summed E-state index contributed by atoms with van der Waals surface area (Å²) in [6.45, 7) is 3.91. The molecule has 0 radical (unpaired) electrons. The Bertz CT molecular complexity index is 870. The Hall–Kier alpha value is -1.47. The minimum atomic E-state index is -3.50. The van der Waals surface area contributed by atoms with Gasteiger partial charge in [0.15, 0.2) is 5.84 Å². The molecule has 1 saturated heterocycles. The lowest BCUT2D eigenvalue weighted by molar-refractivity contribution is 0.341. The van der Waals surface area contributed by atoms with Crippen LogP contribution in [0.2, 0.25) is 5.02 Å². The van der Waals surface area contributed by atoms with Crippen molar-refractivity contribution in [3.8, 4) is 0 Å². The standard InChI is InChI=1S/C28H49ClN4O2S/c1-2-3-4-5-6-7-8-9-10-11-12-13-14-18-23-36(34,35)32-31-28(33-21-16-15-17-22-33)26-24-25(30)19-20-27(26)29/h19-20,24,32H,2-18,21-23,30H2,1H3. The molecule has 0 aliphatic carbocycles. The number of rotatable bonds is 18. The average molecular weight is 541 g/mol. The smallest absolute Gasteiger partial charge is 0.247 e. The van der Waals surface area contributed by atoms with Crippen molar-refractivity contribution < 1.29 is 8.42 Å². The van der Waals surface area contributed by atoms with Crippen molar-refractivity contribution in [2.75, 3.05) is 24.6 Å². The summed E-state index contributed by atoms with van der Waals surface area (Å²) in [4.78, 5) is 4.56. The van der Waals surface area contributed by atoms with E-state index in [4.69, 9.17) is 17.3 Å². The van der Waals surface area contributed by atoms with Crippen LogP contribution in [-0.2, 0) is 10.0 Å². The van der Waals surface area contributed by atoms with Gasteiger partial charge in [0.25, 0.3) is 0 Å². The molecule has 1 fully saturated rings. The van der Waals surface area contributed by atoms with Crippen molar-refractivity contribution in [1.29, 1.82) is 0 Å². The Morgan fingerprint density at radius 1 is 0.889 bits per heavy atom. The SMILES string of the molecule is CCCCCCCCCCCCCCCCS(=O)(=O)NN=C(c1cc(N)ccc1Cl)N1CCCCC1. The lowest BCUT2D eigenvalue weighted by Gasteiger charge is -2.30. The van der Waals surface area contributed by atoms with E-state index in [1.54, 1.807) is 18.2 Å². The Morgan fingerprint density at radius 2 is 1.42 bits per heavy atom. The summed E-state index contributed by atoms with van der Waals surface area (Å²) in [6.07, 6.45) is 20.6. The van der Waals surface area contributed by atoms with Gasteiger partial charge in [-0.15, -0.1) is 5.10 Å². The number of hydrogen-bond donors (Lipinski definition) is 2. The monoisotopic (exact) mass is 540 g/mol. The van der Waals surface area contributed by atoms with Crippen LogP contribution in [0, 0.1) is 0 Å². The molecule has 3 N–H and O–H groups in total. The number of amidine groups is 1. The summed E-state index contributed by atoms with van der Waals surface area (Å²) < 4.78 is 25.3. The van der Waals surface area contributed by atoms with Gasteiger partial charge in [0.2, 0.25) is 10.0 Å². The zero-order valence-corrected chi connectivity index (χ0v) is 24.0. The first kappa shape index (κ1) is 30.8. The second-order valence-corrected chi connectivity index (χ2v) is 12.5. The summed E-state index contributed by atoms with van der Waals surface area (Å²) in [6, 6.07) is 5.23. The van der Waals surface area contributed by atoms with Crippen LogP contribution in [0.3, 0.4) is 0 Å². The van der Waals surface area contributed by atoms with Gasteiger partial charge >= 0.3 is 0 Å². The minimum Gasteiger partial charge on any atom is -0.399 e. The molecule has 0 saturated carbocycles. The Labute approximate surface area is 225 Å². The van der Waals surface area contributed by atoms with Crippen LogP contribution < -0.4 is 10.6 Å². The molecule has 36 heavy (non-hydrogen) atoms. The van der Waals surface area contributed by atoms with Gasteiger partial charge < -0.3 is 10.6 Å². The number of nitrogens with one attached hydrogen (secondary N) is 1. The molecule has 1 heterocycles. The molecular weight excluding hydrogens is 492 g/mol. The van der Waals surface area contributed by atoms with E-state index in [0.717, 1.165) is 38.8 Å². The number of anilines is 1. The number of halogens is 1. The van der Waals surface area contributed by atoms with E-state index in [1.807, 2.05) is 0 Å². The molecule has 0 unspecified atom stereocenters. The highest BCUT2D eigenvalue weighted by molar-refractivity contribution is 7.89. The first-order valence-corrected chi connectivity index (χ1v) is 16.3. The van der Waals surface area contributed by atoms with Crippen LogP contribution in [0.1, 0.15) is 122 Å². The van der Waals surface area contributed by atoms with Crippen LogP contribution in [-0.4, -0.2) is 38.0 Å². The molecule has 0 atom stereocenters. The number of nitrogen functional groups attached to an aromatic ring is 1. The number of piperidine rings is 1. The number of nitrogens with zero attached hydrogens (tertiary/aromatic N) is 2. The molecular formula is C28H49ClN4O2S. The zero-order valence-electron chi connectivity index (χ0n) is 22.4. The Morgan fingerprint density at radius 3 is 1.97 bits per heavy atom. The van der Waals surface area contributed by atoms with Crippen molar-refractivity contribution >= 4 is 33.1 Å². The summed E-state index contributed by atoms with van der Waals surface area (Å²) in [5, 5.41) is 4.85. The van der Waals surface area contributed by atoms with Crippen LogP contribution in [0.15, 0.2) is 23.3 Å². The molecule has 206 valence electrons. The van der Waals surface area contributed by atoms with Crippen LogP contribution in [0.25, 0.3) is 0 Å². The predicted molar refractivity (Wildman–Crippen MR) is 155 cm³/mol. The lowest BCUT2D eigenvalue weighted by atomic mass is 10.0. The number of benzene rings is 1. The molecule has 1 aromatic carbocycles. The van der Waals surface area contributed by atoms with Gasteiger partial charge in [-0.2, -0.15) is 0 Å². The second-order valence-electron chi connectivity index (χ2n) is 10.2. The van der Waals surface area contributed by atoms with Crippen LogP contribution in [0.4, 0.5) is 5.69 Å². The highest BCUT2D eigenvalue weighted by atomic mass is 35.5. The summed E-state index contributed by atoms with van der Waals surface area (Å²) >= 11 is 6.42. The molecule has 1 aliphatic heterocycles. The largest absolute Gasteiger partial charge is 0.399 e. The Kier molecular flexibility index (Phi) is 15.3. The van der Waals surface area contributed by atoms with Crippen molar-refractivity contribution in [2.24, 2.45) is 5.10 Å². The number of hydrazone groups is 1. The molecule has 2 rings (SSSR count). The second kappa shape index (κ2) is 17.9. The van der Waals surface area contributed by atoms with Gasteiger partial charge in [0.05, 0.1) is 10.8 Å². The number of nitrogens with two attached hydrogens (primary N) is 1. The first-order valence-electron chi connectivity index (χ1n) is 14.3. The van der Waals surface area contributed by atoms with Gasteiger partial charge in [-0.25, -0.2) is 13.2 Å². The Balaban J connectivity index is 1.68. The molecule has 0 bridgehead atoms. The van der Waals surface area contributed by atoms with Crippen LogP contribution >= 0.6 is 11.6 Å². The van der Waals surface area contributed by atoms with Crippen molar-refractivity contribution in [1.82, 2.24) is 9.73 Å². The van der Waals surface area contributed by atoms with E-state index < -0.39 is 10.0 Å². The van der Waals surface area contributed by atoms with E-state index in [0.29, 0.717) is 28.5 Å². The first-order chi connectivity index (χ1) is 17.4. The molecule has 1 aromatic rings. The molecule has 1 aliphatic rings. The highest BCUT2D eigenvalue weighted by Gasteiger charge is 2.20. The topological polar surface area (TPSA) is 87.8 Å². The average Bonchev–Trinajstić information content (AvgIpc) is 2.87. The molecule has 0 spiro atoms. The van der Waals surface area contributed by atoms with Gasteiger partial charge in [0.1, 0.15) is 0 Å². The van der Waals surface area contributed by atoms with Crippen molar-refractivity contribution in [3.05, 3.63) is 28.8 Å². The summed E-state index contributed by atoms with van der Waals surface area (Å²) in [5.41, 5.74) is 7.21. The maximum atomic E-state index is 12.6. The van der Waals surface area contributed by atoms with Gasteiger partial charge in [-0.1, -0.05) is 102 Å². The van der Waals surface area contributed by atoms with E-state index in [1.165, 1.54) is 77.0 Å². The van der Waals surface area contributed by atoms with Crippen molar-refractivity contribution in [2.45, 2.75) is 116 Å². The van der Waals surface area contributed by atoms with Gasteiger partial charge in [-0.3, -0.25) is 0 Å². The number of sulfonamides is 1. The van der Waals surface area contributed by atoms with Gasteiger partial charge in [-0.05, 0) is 43.9 Å². The van der Waals surface area contributed by atoms with Crippen LogP contribution in [0.5, 0.6) is 0 Å². The third kappa shape index (κ3) is 12.7. The van der Waals surface area contributed by atoms with E-state index >= 15 is 0 Å². The molecule has 8 heteroatoms. The normalized spacial score (nSPS) is 14.8. The number of likely N-dealkylation sites (tertiary alicyclic amines) is 1. The van der Waals surface area contributed by atoms with E-state index in [2.05, 4.69) is 21.8 Å². The molecule has 0 amide bonds. The van der Waals surface area contributed by atoms with Gasteiger partial charge in [0, 0.05) is 24.3 Å². The van der Waals surface area contributed by atoms with E-state index in [9.17, 15) is 8.42 Å². The quantitative estimate of drug-likeness (QED) is 0.0664. The number of hydrogen-bond acceptors (Lipinski definition) is 4. The predicted octanol–water partition coefficient (Wildman–Crippen LogP) is 7.47. The minimum absolute atomic E-state index is 0.0898. The number of unbranched alkanes of at least 4 members (excludes halogenated alkanes) is 13. The maximum absolute atomic E-state index is 12.6. The third-order valence-corrected chi connectivity index (χ3v) is 8.47. The third-order valence-electron chi connectivity index (χ3n) is 6.94. The molecule has 0 aromatic heterocycles. The zero-order chi connectivity index (χ0) is 26.1. The van der Waals surface area contributed by atoms with Crippen molar-refractivity contribution in [3.63, 3.8) is 0 Å². The fraction of sp³-hybridized carbons (Fsp3) is 0.750. The fourth-order valence-electron chi connectivity index (χ4n) is 4.77. The highest BCUT2D eigenvalue weighted by Crippen LogP contribution is 2.23. The van der Waals surface area contributed by atoms with E-state index in [-0.39, 0.29) is 5.75 Å². The maximum Gasteiger partial charge on any atom is 0.247 e. The lowest BCUT2D eigenvalue weighted by Crippen LogP contribution is -2.38. The summed E-state index contributed by atoms with van der Waals surface area (Å²) in [7, 11) is -3.50. The molecule has 6 nitrogen and oxygen atoms in total. The summed E-state index contributed by atoms with van der Waals surface area (Å²) in [5.74, 6) is 0.642.